The lowest BCUT2D eigenvalue weighted by Gasteiger charge is -2.33. The summed E-state index contributed by atoms with van der Waals surface area (Å²) in [5.41, 5.74) is -0.123. The molecule has 1 amide bonds. The molecule has 0 aromatic carbocycles. The van der Waals surface area contributed by atoms with Gasteiger partial charge in [-0.05, 0) is 38.4 Å². The molecule has 1 N–H and O–H groups in total. The first-order valence-electron chi connectivity index (χ1n) is 5.91. The monoisotopic (exact) mass is 226 g/mol. The topological polar surface area (TPSA) is 32.3 Å². The van der Waals surface area contributed by atoms with Gasteiger partial charge in [-0.1, -0.05) is 0 Å². The van der Waals surface area contributed by atoms with Crippen LogP contribution in [0.15, 0.2) is 0 Å². The Balaban J connectivity index is 1.76. The van der Waals surface area contributed by atoms with Crippen LogP contribution in [0.1, 0.15) is 32.6 Å². The van der Waals surface area contributed by atoms with Crippen LogP contribution in [0.25, 0.3) is 0 Å². The zero-order valence-electron chi connectivity index (χ0n) is 9.16. The normalized spacial score (nSPS) is 38.7. The zero-order chi connectivity index (χ0) is 10.5. The van der Waals surface area contributed by atoms with Crippen LogP contribution in [0.3, 0.4) is 0 Å². The molecule has 3 aliphatic rings. The fraction of sp³-hybridized carbons (Fsp3) is 0.909. The van der Waals surface area contributed by atoms with Crippen LogP contribution < -0.4 is 5.32 Å². The summed E-state index contributed by atoms with van der Waals surface area (Å²) < 4.78 is 0. The Labute approximate surface area is 95.0 Å². The SMILES string of the molecule is CC1NC2(CC2)C(=O)N1C1CCCSC1. The van der Waals surface area contributed by atoms with E-state index in [-0.39, 0.29) is 11.7 Å². The van der Waals surface area contributed by atoms with Crippen LogP contribution in [-0.2, 0) is 4.79 Å². The molecule has 2 atom stereocenters. The van der Waals surface area contributed by atoms with Crippen molar-refractivity contribution in [2.75, 3.05) is 11.5 Å². The molecule has 3 nitrogen and oxygen atoms in total. The number of amides is 1. The van der Waals surface area contributed by atoms with Crippen LogP contribution >= 0.6 is 11.8 Å². The molecule has 3 rings (SSSR count). The Bertz CT molecular complexity index is 284. The van der Waals surface area contributed by atoms with Crippen LogP contribution in [0.4, 0.5) is 0 Å². The van der Waals surface area contributed by atoms with Crippen molar-refractivity contribution in [1.29, 1.82) is 0 Å². The highest BCUT2D eigenvalue weighted by Crippen LogP contribution is 2.43. The Morgan fingerprint density at radius 3 is 2.87 bits per heavy atom. The second-order valence-corrected chi connectivity index (χ2v) is 6.14. The third-order valence-corrected chi connectivity index (χ3v) is 5.02. The van der Waals surface area contributed by atoms with Crippen LogP contribution in [-0.4, -0.2) is 40.1 Å². The second-order valence-electron chi connectivity index (χ2n) is 4.99. The van der Waals surface area contributed by atoms with Crippen molar-refractivity contribution in [2.45, 2.75) is 50.4 Å². The summed E-state index contributed by atoms with van der Waals surface area (Å²) in [5, 5.41) is 3.47. The molecule has 1 saturated carbocycles. The summed E-state index contributed by atoms with van der Waals surface area (Å²) in [6.45, 7) is 2.13. The van der Waals surface area contributed by atoms with Gasteiger partial charge in [0, 0.05) is 11.8 Å². The van der Waals surface area contributed by atoms with E-state index in [0.717, 1.165) is 18.6 Å². The van der Waals surface area contributed by atoms with Crippen molar-refractivity contribution in [3.63, 3.8) is 0 Å². The fourth-order valence-electron chi connectivity index (χ4n) is 2.86. The van der Waals surface area contributed by atoms with Gasteiger partial charge in [0.1, 0.15) is 0 Å². The summed E-state index contributed by atoms with van der Waals surface area (Å²) in [6.07, 6.45) is 4.81. The molecule has 15 heavy (non-hydrogen) atoms. The number of nitrogens with one attached hydrogen (secondary N) is 1. The minimum absolute atomic E-state index is 0.123. The largest absolute Gasteiger partial charge is 0.322 e. The van der Waals surface area contributed by atoms with Crippen molar-refractivity contribution < 1.29 is 4.79 Å². The molecule has 2 saturated heterocycles. The molecule has 0 aromatic rings. The predicted octanol–water partition coefficient (Wildman–Crippen LogP) is 1.19. The lowest BCUT2D eigenvalue weighted by molar-refractivity contribution is -0.132. The van der Waals surface area contributed by atoms with E-state index < -0.39 is 0 Å². The van der Waals surface area contributed by atoms with E-state index in [1.807, 2.05) is 11.8 Å². The lowest BCUT2D eigenvalue weighted by Crippen LogP contribution is -2.45. The van der Waals surface area contributed by atoms with Gasteiger partial charge in [-0.15, -0.1) is 0 Å². The van der Waals surface area contributed by atoms with Gasteiger partial charge in [-0.2, -0.15) is 11.8 Å². The molecule has 2 heterocycles. The number of hydrogen-bond acceptors (Lipinski definition) is 3. The van der Waals surface area contributed by atoms with Crippen molar-refractivity contribution in [1.82, 2.24) is 10.2 Å². The average molecular weight is 226 g/mol. The molecule has 0 radical (unpaired) electrons. The second kappa shape index (κ2) is 3.39. The quantitative estimate of drug-likeness (QED) is 0.729. The first-order chi connectivity index (χ1) is 7.23. The Morgan fingerprint density at radius 2 is 2.33 bits per heavy atom. The van der Waals surface area contributed by atoms with E-state index in [2.05, 4.69) is 17.1 Å². The van der Waals surface area contributed by atoms with Gasteiger partial charge in [0.2, 0.25) is 5.91 Å². The van der Waals surface area contributed by atoms with Crippen molar-refractivity contribution in [3.05, 3.63) is 0 Å². The Hall–Kier alpha value is -0.220. The maximum absolute atomic E-state index is 12.3. The number of thioether (sulfide) groups is 1. The molecule has 4 heteroatoms. The lowest BCUT2D eigenvalue weighted by atomic mass is 10.1. The molecule has 1 aliphatic carbocycles. The third-order valence-electron chi connectivity index (χ3n) is 3.83. The third kappa shape index (κ3) is 1.49. The minimum Gasteiger partial charge on any atom is -0.322 e. The Morgan fingerprint density at radius 1 is 1.53 bits per heavy atom. The highest BCUT2D eigenvalue weighted by atomic mass is 32.2. The number of nitrogens with zero attached hydrogens (tertiary/aromatic N) is 1. The van der Waals surface area contributed by atoms with Crippen LogP contribution in [0.2, 0.25) is 0 Å². The van der Waals surface area contributed by atoms with Gasteiger partial charge in [-0.25, -0.2) is 0 Å². The zero-order valence-corrected chi connectivity index (χ0v) is 9.98. The van der Waals surface area contributed by atoms with Gasteiger partial charge in [0.25, 0.3) is 0 Å². The van der Waals surface area contributed by atoms with Gasteiger partial charge in [-0.3, -0.25) is 10.1 Å². The van der Waals surface area contributed by atoms with Gasteiger partial charge < -0.3 is 4.90 Å². The maximum Gasteiger partial charge on any atom is 0.244 e. The van der Waals surface area contributed by atoms with E-state index in [4.69, 9.17) is 0 Å². The number of carbonyl (C=O) groups is 1. The Kier molecular flexibility index (Phi) is 2.25. The minimum atomic E-state index is -0.123. The summed E-state index contributed by atoms with van der Waals surface area (Å²) in [6, 6.07) is 0.485. The summed E-state index contributed by atoms with van der Waals surface area (Å²) >= 11 is 1.99. The average Bonchev–Trinajstić information content (AvgIpc) is 2.95. The molecule has 2 aliphatic heterocycles. The van der Waals surface area contributed by atoms with Crippen molar-refractivity contribution >= 4 is 17.7 Å². The van der Waals surface area contributed by atoms with Gasteiger partial charge >= 0.3 is 0 Å². The molecular formula is C11H18N2OS. The van der Waals surface area contributed by atoms with Crippen LogP contribution in [0.5, 0.6) is 0 Å². The summed E-state index contributed by atoms with van der Waals surface area (Å²) in [5.74, 6) is 2.78. The number of rotatable bonds is 1. The molecule has 1 spiro atoms. The van der Waals surface area contributed by atoms with Crippen molar-refractivity contribution in [2.24, 2.45) is 0 Å². The molecule has 84 valence electrons. The number of hydrogen-bond donors (Lipinski definition) is 1. The van der Waals surface area contributed by atoms with Gasteiger partial charge in [0.05, 0.1) is 11.7 Å². The van der Waals surface area contributed by atoms with E-state index >= 15 is 0 Å². The highest BCUT2D eigenvalue weighted by molar-refractivity contribution is 7.99. The van der Waals surface area contributed by atoms with Crippen LogP contribution in [0, 0.1) is 0 Å². The fourth-order valence-corrected chi connectivity index (χ4v) is 4.00. The van der Waals surface area contributed by atoms with E-state index in [9.17, 15) is 4.79 Å². The predicted molar refractivity (Wildman–Crippen MR) is 61.8 cm³/mol. The molecule has 0 aromatic heterocycles. The first-order valence-corrected chi connectivity index (χ1v) is 7.07. The molecule has 0 bridgehead atoms. The summed E-state index contributed by atoms with van der Waals surface area (Å²) in [7, 11) is 0. The van der Waals surface area contributed by atoms with E-state index in [1.165, 1.54) is 18.6 Å². The first kappa shape index (κ1) is 9.97. The maximum atomic E-state index is 12.3. The van der Waals surface area contributed by atoms with Crippen molar-refractivity contribution in [3.8, 4) is 0 Å². The molecular weight excluding hydrogens is 208 g/mol. The molecule has 2 unspecified atom stereocenters. The smallest absolute Gasteiger partial charge is 0.244 e. The summed E-state index contributed by atoms with van der Waals surface area (Å²) in [4.78, 5) is 14.4. The van der Waals surface area contributed by atoms with Gasteiger partial charge in [0.15, 0.2) is 0 Å². The number of carbonyl (C=O) groups excluding carboxylic acids is 1. The highest BCUT2D eigenvalue weighted by Gasteiger charge is 2.59. The van der Waals surface area contributed by atoms with E-state index in [0.29, 0.717) is 11.9 Å². The standard InChI is InChI=1S/C11H18N2OS/c1-8-12-11(4-5-11)10(14)13(8)9-3-2-6-15-7-9/h8-9,12H,2-7H2,1H3. The molecule has 3 fully saturated rings. The van der Waals surface area contributed by atoms with E-state index in [1.54, 1.807) is 0 Å².